The van der Waals surface area contributed by atoms with Crippen LogP contribution in [0.3, 0.4) is 0 Å². The zero-order valence-electron chi connectivity index (χ0n) is 7.62. The number of hydrogen-bond acceptors (Lipinski definition) is 4. The van der Waals surface area contributed by atoms with Gasteiger partial charge in [-0.1, -0.05) is 0 Å². The molecule has 0 aliphatic rings. The molecule has 1 N–H and O–H groups in total. The lowest BCUT2D eigenvalue weighted by atomic mass is 10.5. The summed E-state index contributed by atoms with van der Waals surface area (Å²) in [5.41, 5.74) is 0. The van der Waals surface area contributed by atoms with Crippen LogP contribution >= 0.6 is 11.8 Å². The van der Waals surface area contributed by atoms with E-state index in [9.17, 15) is 4.79 Å². The number of ether oxygens (including phenoxy) is 2. The van der Waals surface area contributed by atoms with Crippen molar-refractivity contribution in [2.45, 2.75) is 6.29 Å². The maximum absolute atomic E-state index is 10.9. The Morgan fingerprint density at radius 2 is 2.08 bits per heavy atom. The highest BCUT2D eigenvalue weighted by Gasteiger charge is 2.06. The minimum absolute atomic E-state index is 0.00148. The fourth-order valence-electron chi connectivity index (χ4n) is 0.642. The molecule has 5 heteroatoms. The molecule has 0 aliphatic carbocycles. The Balaban J connectivity index is 3.44. The first kappa shape index (κ1) is 11.7. The summed E-state index contributed by atoms with van der Waals surface area (Å²) in [7, 11) is 3.07. The summed E-state index contributed by atoms with van der Waals surface area (Å²) in [5.74, 6) is 0.474. The summed E-state index contributed by atoms with van der Waals surface area (Å²) in [4.78, 5) is 10.9. The van der Waals surface area contributed by atoms with E-state index in [1.165, 1.54) is 26.0 Å². The van der Waals surface area contributed by atoms with E-state index >= 15 is 0 Å². The summed E-state index contributed by atoms with van der Waals surface area (Å²) in [6, 6.07) is 0. The van der Waals surface area contributed by atoms with Crippen molar-refractivity contribution >= 4 is 17.7 Å². The standard InChI is InChI=1S/C7H15NO3S/c1-10-7(11-2)4-8-6(9)5-12-3/h7H,4-5H2,1-3H3,(H,8,9). The predicted octanol–water partition coefficient (Wildman–Crippen LogP) is 0.0845. The summed E-state index contributed by atoms with van der Waals surface area (Å²) < 4.78 is 9.77. The molecular formula is C7H15NO3S. The molecule has 0 aromatic carbocycles. The average molecular weight is 193 g/mol. The van der Waals surface area contributed by atoms with Gasteiger partial charge in [0.2, 0.25) is 5.91 Å². The third kappa shape index (κ3) is 5.40. The van der Waals surface area contributed by atoms with E-state index < -0.39 is 0 Å². The smallest absolute Gasteiger partial charge is 0.230 e. The van der Waals surface area contributed by atoms with Crippen LogP contribution in [0.5, 0.6) is 0 Å². The van der Waals surface area contributed by atoms with Gasteiger partial charge in [-0.3, -0.25) is 4.79 Å². The van der Waals surface area contributed by atoms with E-state index in [1.54, 1.807) is 0 Å². The van der Waals surface area contributed by atoms with E-state index in [2.05, 4.69) is 5.32 Å². The number of carbonyl (C=O) groups is 1. The second-order valence-electron chi connectivity index (χ2n) is 2.14. The van der Waals surface area contributed by atoms with Crippen LogP contribution in [0.1, 0.15) is 0 Å². The predicted molar refractivity (Wildman–Crippen MR) is 49.2 cm³/mol. The third-order valence-electron chi connectivity index (χ3n) is 1.27. The number of thioether (sulfide) groups is 1. The van der Waals surface area contributed by atoms with E-state index in [0.717, 1.165) is 0 Å². The van der Waals surface area contributed by atoms with E-state index in [-0.39, 0.29) is 12.2 Å². The van der Waals surface area contributed by atoms with Gasteiger partial charge in [-0.25, -0.2) is 0 Å². The SMILES string of the molecule is COC(CNC(=O)CSC)OC. The number of rotatable bonds is 6. The first-order chi connectivity index (χ1) is 5.74. The topological polar surface area (TPSA) is 47.6 Å². The van der Waals surface area contributed by atoms with Crippen LogP contribution in [0.15, 0.2) is 0 Å². The molecule has 0 radical (unpaired) electrons. The molecule has 0 aromatic rings. The molecule has 1 amide bonds. The van der Waals surface area contributed by atoms with Gasteiger partial charge in [0.1, 0.15) is 0 Å². The zero-order valence-corrected chi connectivity index (χ0v) is 8.44. The highest BCUT2D eigenvalue weighted by molar-refractivity contribution is 7.99. The molecule has 12 heavy (non-hydrogen) atoms. The minimum Gasteiger partial charge on any atom is -0.354 e. The molecule has 0 fully saturated rings. The van der Waals surface area contributed by atoms with Crippen LogP contribution in [0, 0.1) is 0 Å². The average Bonchev–Trinajstić information content (AvgIpc) is 2.07. The number of hydrogen-bond donors (Lipinski definition) is 1. The minimum atomic E-state index is -0.351. The normalized spacial score (nSPS) is 10.3. The molecule has 0 saturated carbocycles. The van der Waals surface area contributed by atoms with Gasteiger partial charge in [-0.15, -0.1) is 0 Å². The number of nitrogens with one attached hydrogen (secondary N) is 1. The molecule has 0 heterocycles. The van der Waals surface area contributed by atoms with Crippen molar-refractivity contribution in [1.82, 2.24) is 5.32 Å². The van der Waals surface area contributed by atoms with E-state index in [1.807, 2.05) is 6.26 Å². The van der Waals surface area contributed by atoms with Crippen LogP contribution in [-0.2, 0) is 14.3 Å². The van der Waals surface area contributed by atoms with Crippen molar-refractivity contribution < 1.29 is 14.3 Å². The summed E-state index contributed by atoms with van der Waals surface area (Å²) >= 11 is 1.48. The molecule has 72 valence electrons. The molecule has 0 unspecified atom stereocenters. The number of methoxy groups -OCH3 is 2. The molecule has 0 saturated heterocycles. The lowest BCUT2D eigenvalue weighted by molar-refractivity contribution is -0.125. The second-order valence-corrected chi connectivity index (χ2v) is 3.00. The lowest BCUT2D eigenvalue weighted by Gasteiger charge is -2.13. The van der Waals surface area contributed by atoms with Crippen LogP contribution in [-0.4, -0.2) is 45.0 Å². The van der Waals surface area contributed by atoms with Gasteiger partial charge >= 0.3 is 0 Å². The fourth-order valence-corrected chi connectivity index (χ4v) is 1.01. The van der Waals surface area contributed by atoms with Gasteiger partial charge in [0.05, 0.1) is 12.3 Å². The van der Waals surface area contributed by atoms with Crippen molar-refractivity contribution in [3.63, 3.8) is 0 Å². The summed E-state index contributed by atoms with van der Waals surface area (Å²) in [6.45, 7) is 0.395. The van der Waals surface area contributed by atoms with Crippen molar-refractivity contribution in [1.29, 1.82) is 0 Å². The van der Waals surface area contributed by atoms with E-state index in [4.69, 9.17) is 9.47 Å². The fraction of sp³-hybridized carbons (Fsp3) is 0.857. The lowest BCUT2D eigenvalue weighted by Crippen LogP contribution is -2.35. The van der Waals surface area contributed by atoms with Gasteiger partial charge in [0.25, 0.3) is 0 Å². The Kier molecular flexibility index (Phi) is 7.23. The molecule has 0 bridgehead atoms. The van der Waals surface area contributed by atoms with Crippen LogP contribution in [0.25, 0.3) is 0 Å². The van der Waals surface area contributed by atoms with Gasteiger partial charge in [-0.2, -0.15) is 11.8 Å². The van der Waals surface area contributed by atoms with Crippen LogP contribution in [0.4, 0.5) is 0 Å². The molecule has 0 aromatic heterocycles. The van der Waals surface area contributed by atoms with E-state index in [0.29, 0.717) is 12.3 Å². The Hall–Kier alpha value is -0.260. The highest BCUT2D eigenvalue weighted by Crippen LogP contribution is 1.91. The Morgan fingerprint density at radius 1 is 1.50 bits per heavy atom. The first-order valence-corrected chi connectivity index (χ1v) is 4.95. The molecular weight excluding hydrogens is 178 g/mol. The van der Waals surface area contributed by atoms with Gasteiger partial charge in [0, 0.05) is 14.2 Å². The molecule has 0 atom stereocenters. The van der Waals surface area contributed by atoms with Crippen molar-refractivity contribution in [2.24, 2.45) is 0 Å². The van der Waals surface area contributed by atoms with Gasteiger partial charge in [-0.05, 0) is 6.26 Å². The molecule has 0 spiro atoms. The third-order valence-corrected chi connectivity index (χ3v) is 1.82. The maximum atomic E-state index is 10.9. The van der Waals surface area contributed by atoms with Crippen LogP contribution in [0.2, 0.25) is 0 Å². The largest absolute Gasteiger partial charge is 0.354 e. The van der Waals surface area contributed by atoms with Gasteiger partial charge < -0.3 is 14.8 Å². The first-order valence-electron chi connectivity index (χ1n) is 3.55. The maximum Gasteiger partial charge on any atom is 0.230 e. The van der Waals surface area contributed by atoms with Crippen molar-refractivity contribution in [3.05, 3.63) is 0 Å². The summed E-state index contributed by atoms with van der Waals surface area (Å²) in [6.07, 6.45) is 1.53. The summed E-state index contributed by atoms with van der Waals surface area (Å²) in [5, 5.41) is 2.68. The number of amides is 1. The Bertz CT molecular complexity index is 128. The van der Waals surface area contributed by atoms with Crippen molar-refractivity contribution in [2.75, 3.05) is 32.8 Å². The monoisotopic (exact) mass is 193 g/mol. The zero-order chi connectivity index (χ0) is 9.40. The molecule has 0 rings (SSSR count). The quantitative estimate of drug-likeness (QED) is 0.607. The molecule has 4 nitrogen and oxygen atoms in total. The Labute approximate surface area is 77.0 Å². The number of carbonyl (C=O) groups excluding carboxylic acids is 1. The van der Waals surface area contributed by atoms with Crippen LogP contribution < -0.4 is 5.32 Å². The molecule has 0 aliphatic heterocycles. The Morgan fingerprint density at radius 3 is 2.50 bits per heavy atom. The highest BCUT2D eigenvalue weighted by atomic mass is 32.2. The van der Waals surface area contributed by atoms with Crippen molar-refractivity contribution in [3.8, 4) is 0 Å². The second kappa shape index (κ2) is 7.39. The van der Waals surface area contributed by atoms with Gasteiger partial charge in [0.15, 0.2) is 6.29 Å².